The van der Waals surface area contributed by atoms with Gasteiger partial charge in [0.25, 0.3) is 0 Å². The summed E-state index contributed by atoms with van der Waals surface area (Å²) in [6.45, 7) is 1.52. The number of rotatable bonds is 6. The molecule has 0 radical (unpaired) electrons. The number of carbonyl (C=O) groups excluding carboxylic acids is 1. The number of nitrogens with one attached hydrogen (secondary N) is 1. The first-order valence-corrected chi connectivity index (χ1v) is 12.6. The molecule has 1 fully saturated rings. The Bertz CT molecular complexity index is 1090. The standard InChI is InChI=1S/C23H28ClN3O4S/c1-26(22-8-4-6-17-5-2-3-7-19(17)22)16-23(28)25-21-15-18(9-10-20(21)24)32(29,30)27-11-13-31-14-12-27/h2-3,5,7,9-10,15,22H,4,6,8,11-14,16H2,1H3,(H,25,28). The molecule has 0 saturated carbocycles. The van der Waals surface area contributed by atoms with E-state index in [4.69, 9.17) is 16.3 Å². The first-order valence-electron chi connectivity index (χ1n) is 10.8. The average molecular weight is 478 g/mol. The van der Waals surface area contributed by atoms with E-state index < -0.39 is 10.0 Å². The van der Waals surface area contributed by atoms with Crippen molar-refractivity contribution < 1.29 is 17.9 Å². The number of fused-ring (bicyclic) bond motifs is 1. The minimum Gasteiger partial charge on any atom is -0.379 e. The number of hydrogen-bond donors (Lipinski definition) is 1. The first-order chi connectivity index (χ1) is 15.4. The Kier molecular flexibility index (Phi) is 7.17. The maximum absolute atomic E-state index is 12.9. The Morgan fingerprint density at radius 3 is 2.75 bits per heavy atom. The van der Waals surface area contributed by atoms with E-state index in [1.807, 2.05) is 24.1 Å². The van der Waals surface area contributed by atoms with Gasteiger partial charge < -0.3 is 10.1 Å². The number of carbonyl (C=O) groups is 1. The number of anilines is 1. The predicted octanol–water partition coefficient (Wildman–Crippen LogP) is 3.31. The summed E-state index contributed by atoms with van der Waals surface area (Å²) in [5, 5.41) is 3.10. The number of morpholine rings is 1. The highest BCUT2D eigenvalue weighted by Gasteiger charge is 2.28. The number of sulfonamides is 1. The normalized spacial score (nSPS) is 19.5. The molecule has 1 saturated heterocycles. The van der Waals surface area contributed by atoms with Gasteiger partial charge in [-0.3, -0.25) is 9.69 Å². The SMILES string of the molecule is CN(CC(=O)Nc1cc(S(=O)(=O)N2CCOCC2)ccc1Cl)C1CCCc2ccccc21. The third-order valence-corrected chi connectivity index (χ3v) is 8.31. The number of benzene rings is 2. The third kappa shape index (κ3) is 5.00. The second-order valence-electron chi connectivity index (χ2n) is 8.23. The van der Waals surface area contributed by atoms with Crippen LogP contribution >= 0.6 is 11.6 Å². The molecule has 1 heterocycles. The summed E-state index contributed by atoms with van der Waals surface area (Å²) in [5.74, 6) is -0.238. The van der Waals surface area contributed by atoms with Crippen LogP contribution in [0.25, 0.3) is 0 Å². The summed E-state index contributed by atoms with van der Waals surface area (Å²) >= 11 is 6.27. The van der Waals surface area contributed by atoms with Crippen LogP contribution in [0.1, 0.15) is 30.0 Å². The average Bonchev–Trinajstić information content (AvgIpc) is 2.80. The summed E-state index contributed by atoms with van der Waals surface area (Å²) in [6.07, 6.45) is 3.14. The van der Waals surface area contributed by atoms with Gasteiger partial charge in [0.2, 0.25) is 15.9 Å². The Labute approximate surface area is 194 Å². The van der Waals surface area contributed by atoms with Gasteiger partial charge in [-0.25, -0.2) is 8.42 Å². The van der Waals surface area contributed by atoms with Gasteiger partial charge in [0.1, 0.15) is 0 Å². The van der Waals surface area contributed by atoms with E-state index in [1.165, 1.54) is 33.6 Å². The Morgan fingerprint density at radius 1 is 1.22 bits per heavy atom. The van der Waals surface area contributed by atoms with Gasteiger partial charge in [0.05, 0.1) is 35.4 Å². The van der Waals surface area contributed by atoms with E-state index in [-0.39, 0.29) is 23.4 Å². The molecule has 0 bridgehead atoms. The van der Waals surface area contributed by atoms with Gasteiger partial charge in [-0.15, -0.1) is 0 Å². The van der Waals surface area contributed by atoms with Gasteiger partial charge in [0.15, 0.2) is 0 Å². The van der Waals surface area contributed by atoms with Crippen LogP contribution in [0, 0.1) is 0 Å². The summed E-state index contributed by atoms with van der Waals surface area (Å²) in [6, 6.07) is 12.9. The first kappa shape index (κ1) is 23.2. The highest BCUT2D eigenvalue weighted by molar-refractivity contribution is 7.89. The maximum atomic E-state index is 12.9. The van der Waals surface area contributed by atoms with Crippen molar-refractivity contribution in [1.82, 2.24) is 9.21 Å². The highest BCUT2D eigenvalue weighted by atomic mass is 35.5. The predicted molar refractivity (Wildman–Crippen MR) is 124 cm³/mol. The second kappa shape index (κ2) is 9.89. The van der Waals surface area contributed by atoms with E-state index in [9.17, 15) is 13.2 Å². The Hall–Kier alpha value is -1.97. The molecule has 1 N–H and O–H groups in total. The number of halogens is 1. The molecule has 4 rings (SSSR count). The molecule has 172 valence electrons. The van der Waals surface area contributed by atoms with Crippen LogP contribution in [0.15, 0.2) is 47.4 Å². The summed E-state index contributed by atoms with van der Waals surface area (Å²) in [5.41, 5.74) is 2.90. The van der Waals surface area contributed by atoms with E-state index in [0.717, 1.165) is 19.3 Å². The largest absolute Gasteiger partial charge is 0.379 e. The summed E-state index contributed by atoms with van der Waals surface area (Å²) < 4.78 is 32.5. The molecule has 1 aliphatic carbocycles. The second-order valence-corrected chi connectivity index (χ2v) is 10.6. The number of nitrogens with zero attached hydrogens (tertiary/aromatic N) is 2. The zero-order chi connectivity index (χ0) is 22.7. The molecule has 0 aromatic heterocycles. The lowest BCUT2D eigenvalue weighted by molar-refractivity contribution is -0.117. The van der Waals surface area contributed by atoms with Crippen molar-refractivity contribution in [2.75, 3.05) is 45.2 Å². The van der Waals surface area contributed by atoms with Crippen molar-refractivity contribution >= 4 is 33.2 Å². The van der Waals surface area contributed by atoms with Gasteiger partial charge in [-0.05, 0) is 55.6 Å². The van der Waals surface area contributed by atoms with Crippen LogP contribution in [-0.4, -0.2) is 63.4 Å². The van der Waals surface area contributed by atoms with E-state index in [2.05, 4.69) is 17.4 Å². The van der Waals surface area contributed by atoms with Crippen molar-refractivity contribution in [1.29, 1.82) is 0 Å². The van der Waals surface area contributed by atoms with Crippen LogP contribution < -0.4 is 5.32 Å². The van der Waals surface area contributed by atoms with Crippen LogP contribution in [-0.2, 0) is 26.0 Å². The molecule has 2 aromatic rings. The summed E-state index contributed by atoms with van der Waals surface area (Å²) in [7, 11) is -1.74. The monoisotopic (exact) mass is 477 g/mol. The number of amides is 1. The molecular weight excluding hydrogens is 450 g/mol. The lowest BCUT2D eigenvalue weighted by Crippen LogP contribution is -2.40. The smallest absolute Gasteiger partial charge is 0.243 e. The molecule has 1 amide bonds. The topological polar surface area (TPSA) is 79.0 Å². The molecule has 7 nitrogen and oxygen atoms in total. The molecule has 1 atom stereocenters. The zero-order valence-corrected chi connectivity index (χ0v) is 19.7. The molecule has 2 aliphatic rings. The van der Waals surface area contributed by atoms with Crippen molar-refractivity contribution in [2.45, 2.75) is 30.2 Å². The van der Waals surface area contributed by atoms with Gasteiger partial charge in [-0.1, -0.05) is 35.9 Å². The van der Waals surface area contributed by atoms with E-state index in [0.29, 0.717) is 37.0 Å². The van der Waals surface area contributed by atoms with E-state index in [1.54, 1.807) is 0 Å². The fourth-order valence-electron chi connectivity index (χ4n) is 4.41. The third-order valence-electron chi connectivity index (χ3n) is 6.08. The van der Waals surface area contributed by atoms with Gasteiger partial charge in [0, 0.05) is 19.1 Å². The number of hydrogen-bond acceptors (Lipinski definition) is 5. The van der Waals surface area contributed by atoms with Crippen molar-refractivity contribution in [2.24, 2.45) is 0 Å². The minimum atomic E-state index is -3.68. The van der Waals surface area contributed by atoms with Crippen LogP contribution in [0.2, 0.25) is 5.02 Å². The summed E-state index contributed by atoms with van der Waals surface area (Å²) in [4.78, 5) is 14.9. The Balaban J connectivity index is 1.46. The van der Waals surface area contributed by atoms with Crippen molar-refractivity contribution in [3.8, 4) is 0 Å². The van der Waals surface area contributed by atoms with Crippen molar-refractivity contribution in [3.05, 3.63) is 58.6 Å². The zero-order valence-electron chi connectivity index (χ0n) is 18.1. The quantitative estimate of drug-likeness (QED) is 0.690. The van der Waals surface area contributed by atoms with Crippen molar-refractivity contribution in [3.63, 3.8) is 0 Å². The number of ether oxygens (including phenoxy) is 1. The minimum absolute atomic E-state index is 0.105. The molecular formula is C23H28ClN3O4S. The van der Waals surface area contributed by atoms with Crippen LogP contribution in [0.3, 0.4) is 0 Å². The molecule has 32 heavy (non-hydrogen) atoms. The molecule has 9 heteroatoms. The lowest BCUT2D eigenvalue weighted by atomic mass is 9.87. The lowest BCUT2D eigenvalue weighted by Gasteiger charge is -2.33. The number of likely N-dealkylation sites (N-methyl/N-ethyl adjacent to an activating group) is 1. The van der Waals surface area contributed by atoms with E-state index >= 15 is 0 Å². The van der Waals surface area contributed by atoms with Crippen LogP contribution in [0.4, 0.5) is 5.69 Å². The molecule has 2 aromatic carbocycles. The maximum Gasteiger partial charge on any atom is 0.243 e. The van der Waals surface area contributed by atoms with Gasteiger partial charge >= 0.3 is 0 Å². The van der Waals surface area contributed by atoms with Crippen LogP contribution in [0.5, 0.6) is 0 Å². The molecule has 1 aliphatic heterocycles. The fourth-order valence-corrected chi connectivity index (χ4v) is 6.01. The molecule has 1 unspecified atom stereocenters. The Morgan fingerprint density at radius 2 is 1.97 bits per heavy atom. The molecule has 0 spiro atoms. The highest BCUT2D eigenvalue weighted by Crippen LogP contribution is 2.33. The van der Waals surface area contributed by atoms with Gasteiger partial charge in [-0.2, -0.15) is 4.31 Å². The number of aryl methyl sites for hydroxylation is 1. The fraction of sp³-hybridized carbons (Fsp3) is 0.435.